The minimum absolute atomic E-state index is 0.136. The molecule has 0 aliphatic rings. The number of hydrogen-bond acceptors (Lipinski definition) is 4. The number of sulfonamides is 1. The minimum Gasteiger partial charge on any atom is -0.337 e. The van der Waals surface area contributed by atoms with Gasteiger partial charge in [-0.2, -0.15) is 0 Å². The van der Waals surface area contributed by atoms with Gasteiger partial charge in [0.25, 0.3) is 5.91 Å². The topological polar surface area (TPSA) is 66.5 Å². The molecule has 7 heteroatoms. The second-order valence-corrected chi connectivity index (χ2v) is 8.70. The molecular weight excluding hydrogens is 344 g/mol. The minimum atomic E-state index is -3.54. The fraction of sp³-hybridized carbons (Fsp3) is 0.353. The maximum absolute atomic E-state index is 12.5. The number of aryl methyl sites for hydroxylation is 1. The van der Waals surface area contributed by atoms with Crippen LogP contribution in [-0.2, 0) is 16.6 Å². The van der Waals surface area contributed by atoms with Crippen LogP contribution in [0.3, 0.4) is 0 Å². The summed E-state index contributed by atoms with van der Waals surface area (Å²) >= 11 is 1.62. The summed E-state index contributed by atoms with van der Waals surface area (Å²) in [5, 5.41) is 2.00. The van der Waals surface area contributed by atoms with E-state index in [0.717, 1.165) is 4.88 Å². The van der Waals surface area contributed by atoms with Gasteiger partial charge in [0.2, 0.25) is 10.0 Å². The van der Waals surface area contributed by atoms with Crippen molar-refractivity contribution in [3.05, 3.63) is 51.7 Å². The van der Waals surface area contributed by atoms with Crippen molar-refractivity contribution in [3.63, 3.8) is 0 Å². The molecular formula is C17H22N2O3S2. The number of carbonyl (C=O) groups is 1. The van der Waals surface area contributed by atoms with Crippen molar-refractivity contribution in [2.75, 3.05) is 7.05 Å². The average Bonchev–Trinajstić information content (AvgIpc) is 2.90. The van der Waals surface area contributed by atoms with Gasteiger partial charge in [-0.1, -0.05) is 0 Å². The Morgan fingerprint density at radius 1 is 1.21 bits per heavy atom. The quantitative estimate of drug-likeness (QED) is 0.854. The third kappa shape index (κ3) is 4.43. The van der Waals surface area contributed by atoms with E-state index in [9.17, 15) is 13.2 Å². The Bertz CT molecular complexity index is 809. The summed E-state index contributed by atoms with van der Waals surface area (Å²) in [5.74, 6) is -0.136. The van der Waals surface area contributed by atoms with Crippen LogP contribution in [-0.4, -0.2) is 32.3 Å². The SMILES string of the molecule is Cc1ccsc1CN(C)C(=O)c1ccc(S(=O)(=O)NC(C)C)cc1. The summed E-state index contributed by atoms with van der Waals surface area (Å²) in [7, 11) is -1.80. The number of carbonyl (C=O) groups excluding carboxylic acids is 1. The molecule has 0 unspecified atom stereocenters. The van der Waals surface area contributed by atoms with Crippen LogP contribution in [0.4, 0.5) is 0 Å². The molecule has 0 atom stereocenters. The van der Waals surface area contributed by atoms with Gasteiger partial charge in [0.15, 0.2) is 0 Å². The van der Waals surface area contributed by atoms with Gasteiger partial charge >= 0.3 is 0 Å². The molecule has 1 N–H and O–H groups in total. The number of amides is 1. The number of nitrogens with zero attached hydrogens (tertiary/aromatic N) is 1. The number of nitrogens with one attached hydrogen (secondary N) is 1. The zero-order valence-corrected chi connectivity index (χ0v) is 15.9. The maximum Gasteiger partial charge on any atom is 0.253 e. The summed E-state index contributed by atoms with van der Waals surface area (Å²) in [6.07, 6.45) is 0. The zero-order valence-electron chi connectivity index (χ0n) is 14.2. The van der Waals surface area contributed by atoms with Crippen molar-refractivity contribution in [3.8, 4) is 0 Å². The summed E-state index contributed by atoms with van der Waals surface area (Å²) in [5.41, 5.74) is 1.64. The molecule has 5 nitrogen and oxygen atoms in total. The molecule has 0 spiro atoms. The van der Waals surface area contributed by atoms with E-state index >= 15 is 0 Å². The molecule has 130 valence electrons. The first-order valence-corrected chi connectivity index (χ1v) is 9.98. The zero-order chi connectivity index (χ0) is 17.9. The van der Waals surface area contributed by atoms with E-state index in [1.165, 1.54) is 17.7 Å². The normalized spacial score (nSPS) is 11.7. The Labute approximate surface area is 147 Å². The van der Waals surface area contributed by atoms with Crippen LogP contribution in [0.1, 0.15) is 34.6 Å². The highest BCUT2D eigenvalue weighted by molar-refractivity contribution is 7.89. The van der Waals surface area contributed by atoms with E-state index in [4.69, 9.17) is 0 Å². The van der Waals surface area contributed by atoms with Gasteiger partial charge in [-0.25, -0.2) is 13.1 Å². The van der Waals surface area contributed by atoms with Gasteiger partial charge in [0, 0.05) is 23.5 Å². The highest BCUT2D eigenvalue weighted by atomic mass is 32.2. The molecule has 0 aliphatic heterocycles. The maximum atomic E-state index is 12.5. The number of benzene rings is 1. The van der Waals surface area contributed by atoms with Crippen LogP contribution in [0.5, 0.6) is 0 Å². The predicted molar refractivity (Wildman–Crippen MR) is 96.8 cm³/mol. The monoisotopic (exact) mass is 366 g/mol. The van der Waals surface area contributed by atoms with E-state index in [2.05, 4.69) is 4.72 Å². The Balaban J connectivity index is 2.12. The lowest BCUT2D eigenvalue weighted by Crippen LogP contribution is -2.30. The molecule has 0 saturated carbocycles. The smallest absolute Gasteiger partial charge is 0.253 e. The lowest BCUT2D eigenvalue weighted by Gasteiger charge is -2.17. The van der Waals surface area contributed by atoms with E-state index in [1.54, 1.807) is 49.3 Å². The highest BCUT2D eigenvalue weighted by Crippen LogP contribution is 2.19. The number of hydrogen-bond donors (Lipinski definition) is 1. The lowest BCUT2D eigenvalue weighted by molar-refractivity contribution is 0.0786. The van der Waals surface area contributed by atoms with Gasteiger partial charge in [0.05, 0.1) is 11.4 Å². The third-order valence-electron chi connectivity index (χ3n) is 3.50. The van der Waals surface area contributed by atoms with Crippen molar-refractivity contribution in [2.45, 2.75) is 38.3 Å². The Kier molecular flexibility index (Phi) is 5.79. The van der Waals surface area contributed by atoms with Crippen LogP contribution in [0, 0.1) is 6.92 Å². The molecule has 0 saturated heterocycles. The Morgan fingerprint density at radius 3 is 2.33 bits per heavy atom. The molecule has 0 aliphatic carbocycles. The van der Waals surface area contributed by atoms with Crippen molar-refractivity contribution >= 4 is 27.3 Å². The molecule has 24 heavy (non-hydrogen) atoms. The van der Waals surface area contributed by atoms with Gasteiger partial charge in [-0.3, -0.25) is 4.79 Å². The lowest BCUT2D eigenvalue weighted by atomic mass is 10.2. The van der Waals surface area contributed by atoms with Gasteiger partial charge < -0.3 is 4.90 Å². The van der Waals surface area contributed by atoms with Crippen LogP contribution in [0.2, 0.25) is 0 Å². The Morgan fingerprint density at radius 2 is 1.83 bits per heavy atom. The summed E-state index contributed by atoms with van der Waals surface area (Å²) in [4.78, 5) is 15.4. The largest absolute Gasteiger partial charge is 0.337 e. The van der Waals surface area contributed by atoms with Crippen LogP contribution >= 0.6 is 11.3 Å². The molecule has 1 aromatic carbocycles. The molecule has 0 bridgehead atoms. The van der Waals surface area contributed by atoms with E-state index in [-0.39, 0.29) is 16.8 Å². The molecule has 2 rings (SSSR count). The van der Waals surface area contributed by atoms with Crippen LogP contribution < -0.4 is 4.72 Å². The molecule has 1 amide bonds. The number of rotatable bonds is 6. The fourth-order valence-corrected chi connectivity index (χ4v) is 4.44. The predicted octanol–water partition coefficient (Wildman–Crippen LogP) is 3.02. The standard InChI is InChI=1S/C17H22N2O3S2/c1-12(2)18-24(21,22)15-7-5-14(6-8-15)17(20)19(4)11-16-13(3)9-10-23-16/h5-10,12,18H,11H2,1-4H3. The van der Waals surface area contributed by atoms with Crippen LogP contribution in [0.25, 0.3) is 0 Å². The summed E-state index contributed by atoms with van der Waals surface area (Å²) in [6, 6.07) is 7.87. The summed E-state index contributed by atoms with van der Waals surface area (Å²) < 4.78 is 26.7. The van der Waals surface area contributed by atoms with Crippen molar-refractivity contribution in [1.82, 2.24) is 9.62 Å². The second kappa shape index (κ2) is 7.46. The van der Waals surface area contributed by atoms with Crippen LogP contribution in [0.15, 0.2) is 40.6 Å². The highest BCUT2D eigenvalue weighted by Gasteiger charge is 2.18. The van der Waals surface area contributed by atoms with Gasteiger partial charge in [-0.05, 0) is 62.0 Å². The average molecular weight is 367 g/mol. The molecule has 1 heterocycles. The molecule has 1 aromatic heterocycles. The van der Waals surface area contributed by atoms with Crippen molar-refractivity contribution < 1.29 is 13.2 Å². The first kappa shape index (κ1) is 18.6. The van der Waals surface area contributed by atoms with Crippen molar-refractivity contribution in [1.29, 1.82) is 0 Å². The van der Waals surface area contributed by atoms with Crippen molar-refractivity contribution in [2.24, 2.45) is 0 Å². The first-order valence-electron chi connectivity index (χ1n) is 7.61. The second-order valence-electron chi connectivity index (χ2n) is 5.99. The third-order valence-corrected chi connectivity index (χ3v) is 6.18. The summed E-state index contributed by atoms with van der Waals surface area (Å²) in [6.45, 7) is 6.08. The Hall–Kier alpha value is -1.70. The van der Waals surface area contributed by atoms with Gasteiger partial charge in [-0.15, -0.1) is 11.3 Å². The van der Waals surface area contributed by atoms with E-state index < -0.39 is 10.0 Å². The molecule has 0 fully saturated rings. The fourth-order valence-electron chi connectivity index (χ4n) is 2.23. The van der Waals surface area contributed by atoms with Gasteiger partial charge in [0.1, 0.15) is 0 Å². The molecule has 0 radical (unpaired) electrons. The first-order chi connectivity index (χ1) is 11.2. The van der Waals surface area contributed by atoms with E-state index in [1.807, 2.05) is 18.4 Å². The van der Waals surface area contributed by atoms with E-state index in [0.29, 0.717) is 12.1 Å². The number of thiophene rings is 1. The molecule has 2 aromatic rings.